The molecule has 0 fully saturated rings. The first-order valence-corrected chi connectivity index (χ1v) is 9.06. The van der Waals surface area contributed by atoms with Crippen LogP contribution >= 0.6 is 0 Å². The molecule has 4 rings (SSSR count). The number of hydrogen-bond acceptors (Lipinski definition) is 5. The molecule has 0 spiro atoms. The van der Waals surface area contributed by atoms with Gasteiger partial charge in [-0.2, -0.15) is 0 Å². The van der Waals surface area contributed by atoms with Crippen molar-refractivity contribution in [2.24, 2.45) is 12.8 Å². The number of amides is 1. The second-order valence-electron chi connectivity index (χ2n) is 7.07. The number of benzene rings is 1. The molecule has 3 heterocycles. The van der Waals surface area contributed by atoms with Gasteiger partial charge in [-0.3, -0.25) is 9.36 Å². The Labute approximate surface area is 170 Å². The Hall–Kier alpha value is -3.69. The number of pyridine rings is 1. The molecule has 0 atom stereocenters. The Morgan fingerprint density at radius 2 is 1.97 bits per heavy atom. The molecular formula is C20H20F2N6O2. The first-order valence-electron chi connectivity index (χ1n) is 9.06. The second-order valence-corrected chi connectivity index (χ2v) is 7.07. The maximum absolute atomic E-state index is 14.0. The number of rotatable bonds is 4. The maximum atomic E-state index is 14.0. The number of aryl methyl sites for hydroxylation is 2. The molecule has 156 valence electrons. The van der Waals surface area contributed by atoms with Crippen LogP contribution < -0.4 is 16.2 Å². The Morgan fingerprint density at radius 1 is 1.27 bits per heavy atom. The summed E-state index contributed by atoms with van der Waals surface area (Å²) in [5.74, 6) is -0.398. The number of anilines is 1. The van der Waals surface area contributed by atoms with Gasteiger partial charge in [0.1, 0.15) is 22.8 Å². The summed E-state index contributed by atoms with van der Waals surface area (Å²) in [6.07, 6.45) is -1.48. The van der Waals surface area contributed by atoms with E-state index in [4.69, 9.17) is 16.2 Å². The summed E-state index contributed by atoms with van der Waals surface area (Å²) in [6, 6.07) is 3.62. The molecule has 3 aromatic heterocycles. The van der Waals surface area contributed by atoms with E-state index < -0.39 is 18.0 Å². The zero-order valence-corrected chi connectivity index (χ0v) is 16.8. The average molecular weight is 414 g/mol. The third-order valence-corrected chi connectivity index (χ3v) is 5.30. The van der Waals surface area contributed by atoms with Gasteiger partial charge in [0.05, 0.1) is 30.2 Å². The first kappa shape index (κ1) is 19.6. The van der Waals surface area contributed by atoms with Crippen molar-refractivity contribution in [2.75, 3.05) is 12.8 Å². The Kier molecular flexibility index (Phi) is 4.37. The molecule has 0 aliphatic rings. The minimum atomic E-state index is -2.95. The van der Waals surface area contributed by atoms with Crippen molar-refractivity contribution in [1.82, 2.24) is 19.1 Å². The minimum absolute atomic E-state index is 0.0567. The fraction of sp³-hybridized carbons (Fsp3) is 0.250. The molecule has 1 aromatic carbocycles. The normalized spacial score (nSPS) is 11.7. The number of nitrogens with zero attached hydrogens (tertiary/aromatic N) is 4. The van der Waals surface area contributed by atoms with Gasteiger partial charge in [0.15, 0.2) is 5.65 Å². The number of aromatic nitrogens is 4. The topological polar surface area (TPSA) is 114 Å². The lowest BCUT2D eigenvalue weighted by atomic mass is 10.1. The molecule has 0 bridgehead atoms. The van der Waals surface area contributed by atoms with E-state index in [2.05, 4.69) is 9.97 Å². The Morgan fingerprint density at radius 3 is 2.57 bits per heavy atom. The summed E-state index contributed by atoms with van der Waals surface area (Å²) in [6.45, 7) is 3.67. The largest absolute Gasteiger partial charge is 0.496 e. The molecule has 0 saturated heterocycles. The van der Waals surface area contributed by atoms with E-state index in [1.54, 1.807) is 17.7 Å². The fourth-order valence-corrected chi connectivity index (χ4v) is 3.98. The van der Waals surface area contributed by atoms with Gasteiger partial charge in [0, 0.05) is 18.0 Å². The summed E-state index contributed by atoms with van der Waals surface area (Å²) >= 11 is 0. The van der Waals surface area contributed by atoms with Gasteiger partial charge in [0.25, 0.3) is 12.3 Å². The first-order chi connectivity index (χ1) is 14.2. The number of halogens is 2. The van der Waals surface area contributed by atoms with Crippen molar-refractivity contribution >= 4 is 33.8 Å². The van der Waals surface area contributed by atoms with Crippen molar-refractivity contribution in [2.45, 2.75) is 20.3 Å². The van der Waals surface area contributed by atoms with Crippen LogP contribution in [0.1, 0.15) is 33.6 Å². The molecule has 30 heavy (non-hydrogen) atoms. The van der Waals surface area contributed by atoms with Gasteiger partial charge in [-0.25, -0.2) is 18.7 Å². The van der Waals surface area contributed by atoms with Crippen LogP contribution in [-0.2, 0) is 7.05 Å². The number of methoxy groups -OCH3 is 1. The zero-order valence-electron chi connectivity index (χ0n) is 16.8. The van der Waals surface area contributed by atoms with E-state index in [-0.39, 0.29) is 27.9 Å². The number of alkyl halides is 2. The van der Waals surface area contributed by atoms with E-state index in [0.717, 1.165) is 11.1 Å². The summed E-state index contributed by atoms with van der Waals surface area (Å²) < 4.78 is 36.5. The molecular weight excluding hydrogens is 394 g/mol. The predicted octanol–water partition coefficient (Wildman–Crippen LogP) is 3.16. The summed E-state index contributed by atoms with van der Waals surface area (Å²) in [5.41, 5.74) is 14.1. The van der Waals surface area contributed by atoms with Crippen LogP contribution in [0.3, 0.4) is 0 Å². The van der Waals surface area contributed by atoms with Crippen LogP contribution in [0.25, 0.3) is 27.8 Å². The van der Waals surface area contributed by atoms with Crippen molar-refractivity contribution in [3.05, 3.63) is 40.8 Å². The molecule has 4 aromatic rings. The van der Waals surface area contributed by atoms with Gasteiger partial charge in [-0.15, -0.1) is 0 Å². The van der Waals surface area contributed by atoms with Crippen LogP contribution in [0.4, 0.5) is 14.6 Å². The Bertz CT molecular complexity index is 1340. The third kappa shape index (κ3) is 2.53. The molecule has 8 nitrogen and oxygen atoms in total. The monoisotopic (exact) mass is 414 g/mol. The zero-order chi connectivity index (χ0) is 21.9. The predicted molar refractivity (Wildman–Crippen MR) is 109 cm³/mol. The van der Waals surface area contributed by atoms with Crippen molar-refractivity contribution < 1.29 is 18.3 Å². The second kappa shape index (κ2) is 6.68. The van der Waals surface area contributed by atoms with Crippen molar-refractivity contribution in [3.63, 3.8) is 0 Å². The van der Waals surface area contributed by atoms with E-state index >= 15 is 0 Å². The molecule has 0 aliphatic heterocycles. The molecule has 0 aliphatic carbocycles. The lowest BCUT2D eigenvalue weighted by molar-refractivity contribution is 0.100. The highest BCUT2D eigenvalue weighted by molar-refractivity contribution is 6.17. The molecule has 10 heteroatoms. The van der Waals surface area contributed by atoms with Crippen molar-refractivity contribution in [3.8, 4) is 11.4 Å². The van der Waals surface area contributed by atoms with Crippen LogP contribution in [0.15, 0.2) is 18.5 Å². The number of hydrogen-bond donors (Lipinski definition) is 2. The highest BCUT2D eigenvalue weighted by atomic mass is 19.3. The lowest BCUT2D eigenvalue weighted by Gasteiger charge is -2.17. The number of primary amides is 1. The highest BCUT2D eigenvalue weighted by Crippen LogP contribution is 2.41. The van der Waals surface area contributed by atoms with E-state index in [9.17, 15) is 13.6 Å². The average Bonchev–Trinajstić information content (AvgIpc) is 3.19. The standard InChI is InChI=1S/C20H20F2N6O2/c1-8-5-6-10(30-4)9(2)15(8)28-16-11(12(18(28)23)19(24)29)13(17(21)22)26-20-14(16)25-7-27(20)3/h5-7,17H,23H2,1-4H3,(H2,24,29). The highest BCUT2D eigenvalue weighted by Gasteiger charge is 2.31. The van der Waals surface area contributed by atoms with Crippen LogP contribution in [0.5, 0.6) is 5.75 Å². The van der Waals surface area contributed by atoms with Crippen LogP contribution in [0, 0.1) is 13.8 Å². The lowest BCUT2D eigenvalue weighted by Crippen LogP contribution is -2.14. The van der Waals surface area contributed by atoms with Gasteiger partial charge >= 0.3 is 0 Å². The Balaban J connectivity index is 2.34. The van der Waals surface area contributed by atoms with E-state index in [0.29, 0.717) is 17.0 Å². The van der Waals surface area contributed by atoms with Gasteiger partial charge in [-0.1, -0.05) is 6.07 Å². The fourth-order valence-electron chi connectivity index (χ4n) is 3.98. The smallest absolute Gasteiger partial charge is 0.281 e. The van der Waals surface area contributed by atoms with Gasteiger partial charge < -0.3 is 20.8 Å². The number of imidazole rings is 1. The van der Waals surface area contributed by atoms with Gasteiger partial charge in [0.2, 0.25) is 0 Å². The number of carbonyl (C=O) groups is 1. The van der Waals surface area contributed by atoms with Crippen molar-refractivity contribution in [1.29, 1.82) is 0 Å². The molecule has 1 amide bonds. The SMILES string of the molecule is COc1ccc(C)c(-n2c(N)c(C(N)=O)c3c(C(F)F)nc4c(ncn4C)c32)c1C. The molecule has 4 N–H and O–H groups in total. The quantitative estimate of drug-likeness (QED) is 0.532. The third-order valence-electron chi connectivity index (χ3n) is 5.30. The number of ether oxygens (including phenoxy) is 1. The molecule has 0 saturated carbocycles. The summed E-state index contributed by atoms with van der Waals surface area (Å²) in [7, 11) is 3.18. The van der Waals surface area contributed by atoms with Gasteiger partial charge in [-0.05, 0) is 25.5 Å². The summed E-state index contributed by atoms with van der Waals surface area (Å²) in [5, 5.41) is -0.0946. The number of nitrogens with two attached hydrogens (primary N) is 2. The molecule has 0 radical (unpaired) electrons. The van der Waals surface area contributed by atoms with E-state index in [1.165, 1.54) is 18.0 Å². The number of carbonyl (C=O) groups excluding carboxylic acids is 1. The minimum Gasteiger partial charge on any atom is -0.496 e. The maximum Gasteiger partial charge on any atom is 0.281 e. The van der Waals surface area contributed by atoms with Crippen LogP contribution in [-0.4, -0.2) is 32.1 Å². The number of fused-ring (bicyclic) bond motifs is 3. The van der Waals surface area contributed by atoms with Crippen LogP contribution in [0.2, 0.25) is 0 Å². The molecule has 0 unspecified atom stereocenters. The number of nitrogen functional groups attached to an aromatic ring is 1. The van der Waals surface area contributed by atoms with E-state index in [1.807, 2.05) is 19.9 Å². The summed E-state index contributed by atoms with van der Waals surface area (Å²) in [4.78, 5) is 20.7.